The van der Waals surface area contributed by atoms with E-state index in [0.29, 0.717) is 0 Å². The van der Waals surface area contributed by atoms with Crippen LogP contribution in [0.5, 0.6) is 0 Å². The summed E-state index contributed by atoms with van der Waals surface area (Å²) in [7, 11) is 0. The highest BCUT2D eigenvalue weighted by Gasteiger charge is 2.18. The Balaban J connectivity index is 1.89. The monoisotopic (exact) mass is 312 g/mol. The molecule has 3 aromatic rings. The SMILES string of the molecule is O=C1CN=C(c2ccccc2)c2cc(-c3ccccc3)ccc2N1. The summed E-state index contributed by atoms with van der Waals surface area (Å²) in [6.45, 7) is 0.138. The molecule has 0 fully saturated rings. The van der Waals surface area contributed by atoms with Gasteiger partial charge >= 0.3 is 0 Å². The summed E-state index contributed by atoms with van der Waals surface area (Å²) in [6.07, 6.45) is 0. The molecule has 116 valence electrons. The largest absolute Gasteiger partial charge is 0.324 e. The van der Waals surface area contributed by atoms with E-state index in [9.17, 15) is 4.79 Å². The van der Waals surface area contributed by atoms with Crippen LogP contribution in [-0.4, -0.2) is 18.2 Å². The van der Waals surface area contributed by atoms with E-state index >= 15 is 0 Å². The maximum absolute atomic E-state index is 12.0. The van der Waals surface area contributed by atoms with Gasteiger partial charge < -0.3 is 5.32 Å². The maximum atomic E-state index is 12.0. The minimum atomic E-state index is -0.0883. The van der Waals surface area contributed by atoms with Crippen molar-refractivity contribution in [3.63, 3.8) is 0 Å². The smallest absolute Gasteiger partial charge is 0.246 e. The summed E-state index contributed by atoms with van der Waals surface area (Å²) in [5, 5.41) is 2.95. The zero-order chi connectivity index (χ0) is 16.4. The first-order valence-electron chi connectivity index (χ1n) is 7.91. The lowest BCUT2D eigenvalue weighted by Crippen LogP contribution is -2.13. The molecule has 1 aliphatic rings. The van der Waals surface area contributed by atoms with Crippen LogP contribution in [0.4, 0.5) is 5.69 Å². The van der Waals surface area contributed by atoms with E-state index in [1.807, 2.05) is 60.7 Å². The number of benzene rings is 3. The van der Waals surface area contributed by atoms with Crippen LogP contribution in [0, 0.1) is 0 Å². The molecule has 1 amide bonds. The van der Waals surface area contributed by atoms with E-state index in [1.54, 1.807) is 0 Å². The van der Waals surface area contributed by atoms with Gasteiger partial charge in [-0.2, -0.15) is 0 Å². The Labute approximate surface area is 140 Å². The second-order valence-electron chi connectivity index (χ2n) is 5.71. The van der Waals surface area contributed by atoms with Crippen molar-refractivity contribution in [2.75, 3.05) is 11.9 Å². The number of hydrogen-bond donors (Lipinski definition) is 1. The summed E-state index contributed by atoms with van der Waals surface area (Å²) >= 11 is 0. The lowest BCUT2D eigenvalue weighted by Gasteiger charge is -2.12. The fourth-order valence-corrected chi connectivity index (χ4v) is 2.93. The molecule has 0 saturated heterocycles. The van der Waals surface area contributed by atoms with Gasteiger partial charge in [-0.05, 0) is 23.3 Å². The zero-order valence-electron chi connectivity index (χ0n) is 13.1. The highest BCUT2D eigenvalue weighted by molar-refractivity contribution is 6.19. The molecule has 3 heteroatoms. The van der Waals surface area contributed by atoms with Crippen LogP contribution in [0.25, 0.3) is 11.1 Å². The van der Waals surface area contributed by atoms with Crippen molar-refractivity contribution in [1.82, 2.24) is 0 Å². The second kappa shape index (κ2) is 6.13. The number of hydrogen-bond acceptors (Lipinski definition) is 2. The normalized spacial score (nSPS) is 13.5. The predicted molar refractivity (Wildman–Crippen MR) is 97.5 cm³/mol. The molecular formula is C21H16N2O. The summed E-state index contributed by atoms with van der Waals surface area (Å²) in [6, 6.07) is 26.3. The van der Waals surface area contributed by atoms with E-state index in [2.05, 4.69) is 28.5 Å². The first-order chi connectivity index (χ1) is 11.8. The Morgan fingerprint density at radius 2 is 1.42 bits per heavy atom. The summed E-state index contributed by atoms with van der Waals surface area (Å²) in [4.78, 5) is 16.5. The van der Waals surface area contributed by atoms with Crippen LogP contribution in [0.1, 0.15) is 11.1 Å². The van der Waals surface area contributed by atoms with Crippen LogP contribution in [0.15, 0.2) is 83.9 Å². The number of anilines is 1. The number of carbonyl (C=O) groups is 1. The Hall–Kier alpha value is -3.20. The molecule has 0 spiro atoms. The molecule has 0 aromatic heterocycles. The van der Waals surface area contributed by atoms with E-state index in [4.69, 9.17) is 0 Å². The average molecular weight is 312 g/mol. The topological polar surface area (TPSA) is 41.5 Å². The van der Waals surface area contributed by atoms with E-state index < -0.39 is 0 Å². The third-order valence-electron chi connectivity index (χ3n) is 4.08. The van der Waals surface area contributed by atoms with Gasteiger partial charge in [0.1, 0.15) is 6.54 Å². The molecule has 4 rings (SSSR count). The van der Waals surface area contributed by atoms with Crippen LogP contribution in [0.3, 0.4) is 0 Å². The molecule has 0 atom stereocenters. The van der Waals surface area contributed by atoms with E-state index in [0.717, 1.165) is 33.7 Å². The number of benzodiazepines with no additional fused rings is 1. The van der Waals surface area contributed by atoms with Crippen LogP contribution in [0.2, 0.25) is 0 Å². The molecule has 1 aliphatic heterocycles. The fourth-order valence-electron chi connectivity index (χ4n) is 2.93. The molecule has 1 N–H and O–H groups in total. The number of aliphatic imine (C=N–C) groups is 1. The Morgan fingerprint density at radius 3 is 2.12 bits per heavy atom. The molecule has 0 unspecified atom stereocenters. The summed E-state index contributed by atoms with van der Waals surface area (Å²) in [5.41, 5.74) is 5.87. The van der Waals surface area contributed by atoms with Crippen molar-refractivity contribution >= 4 is 17.3 Å². The third-order valence-corrected chi connectivity index (χ3v) is 4.08. The average Bonchev–Trinajstić information content (AvgIpc) is 2.81. The minimum absolute atomic E-state index is 0.0883. The molecule has 0 bridgehead atoms. The molecular weight excluding hydrogens is 296 g/mol. The van der Waals surface area contributed by atoms with Crippen LogP contribution >= 0.6 is 0 Å². The van der Waals surface area contributed by atoms with Gasteiger partial charge in [0, 0.05) is 11.1 Å². The van der Waals surface area contributed by atoms with Crippen molar-refractivity contribution in [2.24, 2.45) is 4.99 Å². The van der Waals surface area contributed by atoms with E-state index in [-0.39, 0.29) is 12.5 Å². The van der Waals surface area contributed by atoms with Gasteiger partial charge in [0.15, 0.2) is 0 Å². The standard InChI is InChI=1S/C21H16N2O/c24-20-14-22-21(16-9-5-2-6-10-16)18-13-17(11-12-19(18)23-20)15-7-3-1-4-8-15/h1-13H,14H2,(H,23,24). The molecule has 1 heterocycles. The number of nitrogens with one attached hydrogen (secondary N) is 1. The zero-order valence-corrected chi connectivity index (χ0v) is 13.1. The molecule has 0 aliphatic carbocycles. The van der Waals surface area contributed by atoms with Gasteiger partial charge in [0.2, 0.25) is 5.91 Å². The lowest BCUT2D eigenvalue weighted by molar-refractivity contribution is -0.114. The van der Waals surface area contributed by atoms with Gasteiger partial charge in [-0.3, -0.25) is 9.79 Å². The number of nitrogens with zero attached hydrogens (tertiary/aromatic N) is 1. The van der Waals surface area contributed by atoms with Gasteiger partial charge in [0.25, 0.3) is 0 Å². The third kappa shape index (κ3) is 2.72. The van der Waals surface area contributed by atoms with E-state index in [1.165, 1.54) is 0 Å². The van der Waals surface area contributed by atoms with Crippen LogP contribution in [-0.2, 0) is 4.79 Å². The van der Waals surface area contributed by atoms with Crippen molar-refractivity contribution in [3.8, 4) is 11.1 Å². The van der Waals surface area contributed by atoms with Crippen molar-refractivity contribution < 1.29 is 4.79 Å². The molecule has 3 nitrogen and oxygen atoms in total. The fraction of sp³-hybridized carbons (Fsp3) is 0.0476. The number of amides is 1. The van der Waals surface area contributed by atoms with Gasteiger partial charge in [-0.25, -0.2) is 0 Å². The number of fused-ring (bicyclic) bond motifs is 1. The quantitative estimate of drug-likeness (QED) is 0.759. The van der Waals surface area contributed by atoms with Crippen molar-refractivity contribution in [3.05, 3.63) is 90.0 Å². The molecule has 3 aromatic carbocycles. The summed E-state index contributed by atoms with van der Waals surface area (Å²) < 4.78 is 0. The Bertz CT molecular complexity index is 915. The minimum Gasteiger partial charge on any atom is -0.324 e. The van der Waals surface area contributed by atoms with Crippen molar-refractivity contribution in [1.29, 1.82) is 0 Å². The first-order valence-corrected chi connectivity index (χ1v) is 7.91. The summed E-state index contributed by atoms with van der Waals surface area (Å²) in [5.74, 6) is -0.0883. The molecule has 24 heavy (non-hydrogen) atoms. The maximum Gasteiger partial charge on any atom is 0.246 e. The van der Waals surface area contributed by atoms with Crippen LogP contribution < -0.4 is 5.32 Å². The number of rotatable bonds is 2. The van der Waals surface area contributed by atoms with Gasteiger partial charge in [-0.1, -0.05) is 66.7 Å². The molecule has 0 radical (unpaired) electrons. The van der Waals surface area contributed by atoms with Gasteiger partial charge in [0.05, 0.1) is 11.4 Å². The predicted octanol–water partition coefficient (Wildman–Crippen LogP) is 4.14. The first kappa shape index (κ1) is 14.4. The highest BCUT2D eigenvalue weighted by Crippen LogP contribution is 2.28. The van der Waals surface area contributed by atoms with Crippen molar-refractivity contribution in [2.45, 2.75) is 0 Å². The van der Waals surface area contributed by atoms with Gasteiger partial charge in [-0.15, -0.1) is 0 Å². The lowest BCUT2D eigenvalue weighted by atomic mass is 9.96. The number of carbonyl (C=O) groups excluding carboxylic acids is 1. The Kier molecular flexibility index (Phi) is 3.67. The molecule has 0 saturated carbocycles. The Morgan fingerprint density at radius 1 is 0.750 bits per heavy atom. The highest BCUT2D eigenvalue weighted by atomic mass is 16.1. The second-order valence-corrected chi connectivity index (χ2v) is 5.71.